The van der Waals surface area contributed by atoms with Gasteiger partial charge >= 0.3 is 5.97 Å². The second-order valence-electron chi connectivity index (χ2n) is 6.63. The van der Waals surface area contributed by atoms with E-state index in [2.05, 4.69) is 9.97 Å². The van der Waals surface area contributed by atoms with Crippen molar-refractivity contribution >= 4 is 39.3 Å². The lowest BCUT2D eigenvalue weighted by atomic mass is 9.85. The number of hydrogen-bond acceptors (Lipinski definition) is 7. The summed E-state index contributed by atoms with van der Waals surface area (Å²) in [5.41, 5.74) is 0.236. The number of amides is 2. The summed E-state index contributed by atoms with van der Waals surface area (Å²) >= 11 is 1.28. The van der Waals surface area contributed by atoms with E-state index >= 15 is 0 Å². The molecule has 2 aliphatic rings. The molecule has 0 unspecified atom stereocenters. The summed E-state index contributed by atoms with van der Waals surface area (Å²) in [4.78, 5) is 57.2. The van der Waals surface area contributed by atoms with Crippen LogP contribution in [0, 0.1) is 11.8 Å². The highest BCUT2D eigenvalue weighted by Gasteiger charge is 2.50. The topological polar surface area (TPSA) is 109 Å². The molecule has 1 N–H and O–H groups in total. The van der Waals surface area contributed by atoms with Gasteiger partial charge in [0.05, 0.1) is 17.4 Å². The highest BCUT2D eigenvalue weighted by atomic mass is 32.1. The van der Waals surface area contributed by atoms with Gasteiger partial charge < -0.3 is 9.72 Å². The van der Waals surface area contributed by atoms with Crippen molar-refractivity contribution in [1.29, 1.82) is 0 Å². The maximum absolute atomic E-state index is 12.5. The molecule has 0 bridgehead atoms. The second kappa shape index (κ2) is 6.73. The number of thiophene rings is 1. The molecule has 27 heavy (non-hydrogen) atoms. The number of hydrogen-bond donors (Lipinski definition) is 1. The zero-order valence-corrected chi connectivity index (χ0v) is 15.3. The Labute approximate surface area is 157 Å². The van der Waals surface area contributed by atoms with E-state index < -0.39 is 23.8 Å². The van der Waals surface area contributed by atoms with Crippen LogP contribution in [0.4, 0.5) is 0 Å². The van der Waals surface area contributed by atoms with Crippen molar-refractivity contribution in [2.45, 2.75) is 32.4 Å². The third-order valence-electron chi connectivity index (χ3n) is 4.99. The molecule has 1 fully saturated rings. The Balaban J connectivity index is 1.45. The van der Waals surface area contributed by atoms with Gasteiger partial charge in [0.1, 0.15) is 23.2 Å². The van der Waals surface area contributed by atoms with Crippen LogP contribution >= 0.6 is 11.3 Å². The molecule has 0 radical (unpaired) electrons. The first-order chi connectivity index (χ1) is 13.0. The Morgan fingerprint density at radius 2 is 1.96 bits per heavy atom. The molecule has 0 saturated carbocycles. The largest absolute Gasteiger partial charge is 0.456 e. The molecule has 1 aliphatic heterocycles. The molecule has 0 aromatic carbocycles. The van der Waals surface area contributed by atoms with Crippen LogP contribution < -0.4 is 5.56 Å². The van der Waals surface area contributed by atoms with E-state index in [1.54, 1.807) is 11.4 Å². The predicted octanol–water partition coefficient (Wildman–Crippen LogP) is 1.37. The number of imide groups is 1. The Bertz CT molecular complexity index is 997. The summed E-state index contributed by atoms with van der Waals surface area (Å²) < 4.78 is 5.71. The third kappa shape index (κ3) is 2.97. The number of rotatable bonds is 4. The fourth-order valence-corrected chi connectivity index (χ4v) is 4.29. The van der Waals surface area contributed by atoms with Gasteiger partial charge in [-0.3, -0.25) is 19.3 Å². The summed E-state index contributed by atoms with van der Waals surface area (Å²) in [6.07, 6.45) is 4.81. The highest BCUT2D eigenvalue weighted by Crippen LogP contribution is 2.36. The van der Waals surface area contributed by atoms with Gasteiger partial charge in [-0.2, -0.15) is 0 Å². The van der Waals surface area contributed by atoms with Crippen molar-refractivity contribution in [2.75, 3.05) is 0 Å². The number of H-pyrrole nitrogens is 1. The van der Waals surface area contributed by atoms with Gasteiger partial charge in [-0.15, -0.1) is 11.3 Å². The summed E-state index contributed by atoms with van der Waals surface area (Å²) in [7, 11) is 0. The Morgan fingerprint density at radius 3 is 2.63 bits per heavy atom. The van der Waals surface area contributed by atoms with Crippen LogP contribution in [0.3, 0.4) is 0 Å². The lowest BCUT2D eigenvalue weighted by Gasteiger charge is -2.21. The average Bonchev–Trinajstić information content (AvgIpc) is 3.23. The Hall–Kier alpha value is -2.81. The maximum atomic E-state index is 12.5. The standard InChI is InChI=1S/C18H17N3O5S/c1-9(21-16(23)10-4-2-3-5-11(10)17(21)24)18(25)26-8-13-19-12-6-7-27-14(12)15(22)20-13/h2-3,6-7,9-11H,4-5,8H2,1H3,(H,19,20,22)/t9-,10-,11-/m0/s1. The van der Waals surface area contributed by atoms with Crippen LogP contribution in [-0.4, -0.2) is 38.7 Å². The Kier molecular flexibility index (Phi) is 4.39. The van der Waals surface area contributed by atoms with Crippen molar-refractivity contribution in [3.05, 3.63) is 39.8 Å². The number of allylic oxidation sites excluding steroid dienone is 2. The molecule has 140 valence electrons. The van der Waals surface area contributed by atoms with Crippen molar-refractivity contribution < 1.29 is 19.1 Å². The van der Waals surface area contributed by atoms with Crippen molar-refractivity contribution in [1.82, 2.24) is 14.9 Å². The van der Waals surface area contributed by atoms with Gasteiger partial charge in [0, 0.05) is 0 Å². The van der Waals surface area contributed by atoms with Crippen LogP contribution in [0.25, 0.3) is 10.2 Å². The number of nitrogens with zero attached hydrogens (tertiary/aromatic N) is 2. The van der Waals surface area contributed by atoms with Gasteiger partial charge in [-0.25, -0.2) is 9.78 Å². The molecule has 1 saturated heterocycles. The molecule has 4 rings (SSSR count). The SMILES string of the molecule is C[C@@H](C(=O)OCc1nc2ccsc2c(=O)[nH]1)N1C(=O)[C@H]2CC=CC[C@@H]2C1=O. The molecule has 0 spiro atoms. The third-order valence-corrected chi connectivity index (χ3v) is 5.89. The van der Waals surface area contributed by atoms with Gasteiger partial charge in [0.2, 0.25) is 11.8 Å². The van der Waals surface area contributed by atoms with E-state index in [-0.39, 0.29) is 29.8 Å². The summed E-state index contributed by atoms with van der Waals surface area (Å²) in [5, 5.41) is 1.75. The van der Waals surface area contributed by atoms with Crippen molar-refractivity contribution in [2.24, 2.45) is 11.8 Å². The predicted molar refractivity (Wildman–Crippen MR) is 96.7 cm³/mol. The molecule has 1 aliphatic carbocycles. The molecule has 2 aromatic rings. The van der Waals surface area contributed by atoms with E-state index in [1.807, 2.05) is 12.2 Å². The normalized spacial score (nSPS) is 22.9. The summed E-state index contributed by atoms with van der Waals surface area (Å²) in [6, 6.07) is 0.688. The summed E-state index contributed by atoms with van der Waals surface area (Å²) in [5.74, 6) is -1.94. The van der Waals surface area contributed by atoms with E-state index in [9.17, 15) is 19.2 Å². The monoisotopic (exact) mass is 387 g/mol. The number of esters is 1. The minimum absolute atomic E-state index is 0.211. The molecule has 2 aromatic heterocycles. The zero-order chi connectivity index (χ0) is 19.1. The minimum Gasteiger partial charge on any atom is -0.456 e. The Morgan fingerprint density at radius 1 is 1.30 bits per heavy atom. The highest BCUT2D eigenvalue weighted by molar-refractivity contribution is 7.17. The van der Waals surface area contributed by atoms with Crippen LogP contribution in [-0.2, 0) is 25.7 Å². The van der Waals surface area contributed by atoms with Crippen molar-refractivity contribution in [3.8, 4) is 0 Å². The molecule has 3 atom stereocenters. The van der Waals surface area contributed by atoms with E-state index in [0.29, 0.717) is 23.1 Å². The van der Waals surface area contributed by atoms with Crippen LogP contribution in [0.15, 0.2) is 28.4 Å². The maximum Gasteiger partial charge on any atom is 0.329 e. The van der Waals surface area contributed by atoms with Gasteiger partial charge in [-0.1, -0.05) is 12.2 Å². The van der Waals surface area contributed by atoms with E-state index in [4.69, 9.17) is 4.74 Å². The number of aromatic amines is 1. The molecule has 2 amide bonds. The number of ether oxygens (including phenoxy) is 1. The number of aromatic nitrogens is 2. The fourth-order valence-electron chi connectivity index (χ4n) is 3.56. The van der Waals surface area contributed by atoms with Crippen molar-refractivity contribution in [3.63, 3.8) is 0 Å². The number of carbonyl (C=O) groups excluding carboxylic acids is 3. The number of carbonyl (C=O) groups is 3. The lowest BCUT2D eigenvalue weighted by Crippen LogP contribution is -2.44. The smallest absolute Gasteiger partial charge is 0.329 e. The summed E-state index contributed by atoms with van der Waals surface area (Å²) in [6.45, 7) is 1.23. The first-order valence-corrected chi connectivity index (χ1v) is 9.50. The number of nitrogens with one attached hydrogen (secondary N) is 1. The molecular weight excluding hydrogens is 370 g/mol. The lowest BCUT2D eigenvalue weighted by molar-refractivity contribution is -0.159. The molecule has 9 heteroatoms. The van der Waals surface area contributed by atoms with Gasteiger partial charge in [-0.05, 0) is 31.2 Å². The van der Waals surface area contributed by atoms with E-state index in [1.165, 1.54) is 18.3 Å². The quantitative estimate of drug-likeness (QED) is 0.482. The number of fused-ring (bicyclic) bond motifs is 2. The first-order valence-electron chi connectivity index (χ1n) is 8.62. The van der Waals surface area contributed by atoms with Gasteiger partial charge in [0.15, 0.2) is 0 Å². The van der Waals surface area contributed by atoms with Gasteiger partial charge in [0.25, 0.3) is 5.56 Å². The van der Waals surface area contributed by atoms with E-state index in [0.717, 1.165) is 4.90 Å². The molecular formula is C18H17N3O5S. The van der Waals surface area contributed by atoms with Crippen LogP contribution in [0.5, 0.6) is 0 Å². The minimum atomic E-state index is -1.02. The molecule has 3 heterocycles. The average molecular weight is 387 g/mol. The zero-order valence-electron chi connectivity index (χ0n) is 14.5. The molecule has 8 nitrogen and oxygen atoms in total. The number of likely N-dealkylation sites (tertiary alicyclic amines) is 1. The van der Waals surface area contributed by atoms with Crippen LogP contribution in [0.1, 0.15) is 25.6 Å². The second-order valence-corrected chi connectivity index (χ2v) is 7.55. The van der Waals surface area contributed by atoms with Crippen LogP contribution in [0.2, 0.25) is 0 Å². The fraction of sp³-hybridized carbons (Fsp3) is 0.389. The first kappa shape index (κ1) is 17.6.